The van der Waals surface area contributed by atoms with Crippen molar-refractivity contribution in [3.05, 3.63) is 12.2 Å². The van der Waals surface area contributed by atoms with Crippen LogP contribution in [0.1, 0.15) is 303 Å². The van der Waals surface area contributed by atoms with E-state index >= 15 is 0 Å². The molecule has 0 radical (unpaired) electrons. The van der Waals surface area contributed by atoms with Gasteiger partial charge in [0.15, 0.2) is 0 Å². The Kier molecular flexibility index (Phi) is 50.1. The van der Waals surface area contributed by atoms with Crippen molar-refractivity contribution >= 4 is 11.9 Å². The molecule has 362 valence electrons. The van der Waals surface area contributed by atoms with E-state index in [1.54, 1.807) is 0 Å². The Labute approximate surface area is 380 Å². The maximum atomic E-state index is 12.5. The van der Waals surface area contributed by atoms with Crippen LogP contribution < -0.4 is 5.32 Å². The van der Waals surface area contributed by atoms with E-state index < -0.39 is 12.1 Å². The zero-order chi connectivity index (χ0) is 44.4. The Morgan fingerprint density at radius 2 is 0.770 bits per heavy atom. The summed E-state index contributed by atoms with van der Waals surface area (Å²) >= 11 is 0. The Balaban J connectivity index is 3.42. The molecule has 6 heteroatoms. The van der Waals surface area contributed by atoms with Crippen molar-refractivity contribution in [2.45, 2.75) is 315 Å². The van der Waals surface area contributed by atoms with E-state index in [1.807, 2.05) is 0 Å². The molecule has 0 fully saturated rings. The minimum atomic E-state index is -0.669. The lowest BCUT2D eigenvalue weighted by Gasteiger charge is -2.22. The number of hydrogen-bond donors (Lipinski definition) is 3. The third-order valence-electron chi connectivity index (χ3n) is 12.8. The molecule has 0 saturated heterocycles. The molecule has 3 N–H and O–H groups in total. The molecule has 0 aromatic carbocycles. The number of carbonyl (C=O) groups is 2. The van der Waals surface area contributed by atoms with E-state index in [4.69, 9.17) is 4.74 Å². The van der Waals surface area contributed by atoms with Gasteiger partial charge < -0.3 is 20.3 Å². The normalized spacial score (nSPS) is 12.7. The number of carbonyl (C=O) groups excluding carboxylic acids is 2. The largest absolute Gasteiger partial charge is 0.466 e. The molecule has 0 heterocycles. The highest BCUT2D eigenvalue weighted by Crippen LogP contribution is 2.17. The number of esters is 1. The number of ether oxygens (including phenoxy) is 1. The van der Waals surface area contributed by atoms with Crippen LogP contribution in [0.15, 0.2) is 12.2 Å². The van der Waals surface area contributed by atoms with Crippen molar-refractivity contribution < 1.29 is 24.5 Å². The fraction of sp³-hybridized carbons (Fsp3) is 0.927. The summed E-state index contributed by atoms with van der Waals surface area (Å²) in [6, 6.07) is -0.547. The lowest BCUT2D eigenvalue weighted by atomic mass is 10.0. The third-order valence-corrected chi connectivity index (χ3v) is 12.8. The second-order valence-corrected chi connectivity index (χ2v) is 18.9. The van der Waals surface area contributed by atoms with Gasteiger partial charge in [0, 0.05) is 12.8 Å². The van der Waals surface area contributed by atoms with Crippen LogP contribution in [0.25, 0.3) is 0 Å². The van der Waals surface area contributed by atoms with Crippen LogP contribution in [0, 0.1) is 0 Å². The quantitative estimate of drug-likeness (QED) is 0.0322. The summed E-state index contributed by atoms with van der Waals surface area (Å²) in [6.07, 6.45) is 59.0. The maximum Gasteiger partial charge on any atom is 0.305 e. The van der Waals surface area contributed by atoms with Gasteiger partial charge in [0.05, 0.1) is 25.4 Å². The Morgan fingerprint density at radius 3 is 1.16 bits per heavy atom. The molecule has 0 aromatic rings. The van der Waals surface area contributed by atoms with Crippen LogP contribution >= 0.6 is 0 Å². The van der Waals surface area contributed by atoms with Crippen LogP contribution in [0.2, 0.25) is 0 Å². The van der Waals surface area contributed by atoms with Crippen LogP contribution in [-0.2, 0) is 14.3 Å². The number of aliphatic hydroxyl groups excluding tert-OH is 2. The van der Waals surface area contributed by atoms with Crippen molar-refractivity contribution in [2.75, 3.05) is 13.2 Å². The Bertz CT molecular complexity index is 909. The van der Waals surface area contributed by atoms with Crippen LogP contribution in [0.5, 0.6) is 0 Å². The van der Waals surface area contributed by atoms with E-state index in [2.05, 4.69) is 31.3 Å². The molecule has 0 aromatic heterocycles. The van der Waals surface area contributed by atoms with Gasteiger partial charge in [0.2, 0.25) is 5.91 Å². The first-order valence-electron chi connectivity index (χ1n) is 27.4. The first kappa shape index (κ1) is 59.6. The fourth-order valence-corrected chi connectivity index (χ4v) is 8.58. The number of allylic oxidation sites excluding steroid dienone is 2. The summed E-state index contributed by atoms with van der Waals surface area (Å²) in [5, 5.41) is 23.2. The molecule has 2 unspecified atom stereocenters. The molecule has 0 aliphatic rings. The molecule has 0 spiro atoms. The van der Waals surface area contributed by atoms with Gasteiger partial charge in [-0.25, -0.2) is 0 Å². The summed E-state index contributed by atoms with van der Waals surface area (Å²) in [4.78, 5) is 24.5. The molecular formula is C55H107NO5. The predicted molar refractivity (Wildman–Crippen MR) is 264 cm³/mol. The zero-order valence-electron chi connectivity index (χ0n) is 41.2. The summed E-state index contributed by atoms with van der Waals surface area (Å²) < 4.78 is 5.47. The highest BCUT2D eigenvalue weighted by atomic mass is 16.5. The topological polar surface area (TPSA) is 95.9 Å². The monoisotopic (exact) mass is 862 g/mol. The average molecular weight is 862 g/mol. The maximum absolute atomic E-state index is 12.5. The molecule has 2 atom stereocenters. The van der Waals surface area contributed by atoms with Gasteiger partial charge >= 0.3 is 5.97 Å². The van der Waals surface area contributed by atoms with E-state index in [0.29, 0.717) is 25.9 Å². The summed E-state index contributed by atoms with van der Waals surface area (Å²) in [7, 11) is 0. The summed E-state index contributed by atoms with van der Waals surface area (Å²) in [6.45, 7) is 4.94. The van der Waals surface area contributed by atoms with E-state index in [-0.39, 0.29) is 18.5 Å². The lowest BCUT2D eigenvalue weighted by Crippen LogP contribution is -2.45. The van der Waals surface area contributed by atoms with E-state index in [9.17, 15) is 19.8 Å². The average Bonchev–Trinajstić information content (AvgIpc) is 3.26. The Morgan fingerprint density at radius 1 is 0.443 bits per heavy atom. The first-order valence-corrected chi connectivity index (χ1v) is 27.4. The molecule has 0 bridgehead atoms. The second-order valence-electron chi connectivity index (χ2n) is 18.9. The fourth-order valence-electron chi connectivity index (χ4n) is 8.58. The molecule has 6 nitrogen and oxygen atoms in total. The van der Waals surface area contributed by atoms with Crippen LogP contribution in [0.4, 0.5) is 0 Å². The number of unbranched alkanes of at least 4 members (excludes halogenated alkanes) is 38. The SMILES string of the molecule is CCCCCCCC/C=C\CCCCCCCC(=O)OCCCCCCCCCCCCCCCCCC(=O)NC(CO)C(O)CCCCCCCCCCCCCCCC. The van der Waals surface area contributed by atoms with Crippen molar-refractivity contribution in [1.29, 1.82) is 0 Å². The summed E-state index contributed by atoms with van der Waals surface area (Å²) in [5.74, 6) is -0.0493. The molecule has 61 heavy (non-hydrogen) atoms. The lowest BCUT2D eigenvalue weighted by molar-refractivity contribution is -0.143. The number of amides is 1. The van der Waals surface area contributed by atoms with Gasteiger partial charge in [-0.05, 0) is 51.4 Å². The number of nitrogens with one attached hydrogen (secondary N) is 1. The van der Waals surface area contributed by atoms with Gasteiger partial charge in [0.1, 0.15) is 0 Å². The van der Waals surface area contributed by atoms with Gasteiger partial charge in [0.25, 0.3) is 0 Å². The van der Waals surface area contributed by atoms with E-state index in [0.717, 1.165) is 51.4 Å². The van der Waals surface area contributed by atoms with Crippen LogP contribution in [0.3, 0.4) is 0 Å². The van der Waals surface area contributed by atoms with Gasteiger partial charge in [-0.1, -0.05) is 251 Å². The minimum absolute atomic E-state index is 0.00681. The van der Waals surface area contributed by atoms with Gasteiger partial charge in [-0.15, -0.1) is 0 Å². The van der Waals surface area contributed by atoms with Gasteiger partial charge in [-0.2, -0.15) is 0 Å². The Hall–Kier alpha value is -1.40. The predicted octanol–water partition coefficient (Wildman–Crippen LogP) is 16.5. The second kappa shape index (κ2) is 51.2. The van der Waals surface area contributed by atoms with Crippen molar-refractivity contribution in [2.24, 2.45) is 0 Å². The molecule has 0 aliphatic carbocycles. The molecule has 0 rings (SSSR count). The third kappa shape index (κ3) is 47.9. The van der Waals surface area contributed by atoms with Crippen LogP contribution in [-0.4, -0.2) is 47.4 Å². The number of hydrogen-bond acceptors (Lipinski definition) is 5. The highest BCUT2D eigenvalue weighted by Gasteiger charge is 2.20. The smallest absolute Gasteiger partial charge is 0.305 e. The molecule has 1 amide bonds. The first-order chi connectivity index (χ1) is 30.0. The number of aliphatic hydroxyl groups is 2. The van der Waals surface area contributed by atoms with E-state index in [1.165, 1.54) is 218 Å². The van der Waals surface area contributed by atoms with Crippen molar-refractivity contribution in [1.82, 2.24) is 5.32 Å². The summed E-state index contributed by atoms with van der Waals surface area (Å²) in [5.41, 5.74) is 0. The zero-order valence-corrected chi connectivity index (χ0v) is 41.2. The highest BCUT2D eigenvalue weighted by molar-refractivity contribution is 5.76. The standard InChI is InChI=1S/C55H107NO5/c1-3-5-7-9-11-13-15-17-20-25-29-33-37-41-45-49-55(60)61-50-46-42-38-34-30-26-22-19-21-24-28-32-36-40-44-48-54(59)56-52(51-57)53(58)47-43-39-35-31-27-23-18-16-14-12-10-8-6-4-2/h17,20,52-53,57-58H,3-16,18-19,21-51H2,1-2H3,(H,56,59)/b20-17-. The number of rotatable bonds is 51. The molecule has 0 aliphatic heterocycles. The minimum Gasteiger partial charge on any atom is -0.466 e. The molecular weight excluding hydrogens is 755 g/mol. The van der Waals surface area contributed by atoms with Crippen molar-refractivity contribution in [3.8, 4) is 0 Å². The van der Waals surface area contributed by atoms with Gasteiger partial charge in [-0.3, -0.25) is 9.59 Å². The van der Waals surface area contributed by atoms with Crippen molar-refractivity contribution in [3.63, 3.8) is 0 Å². The molecule has 0 saturated carbocycles.